The summed E-state index contributed by atoms with van der Waals surface area (Å²) in [5, 5.41) is 11.7. The fourth-order valence-electron chi connectivity index (χ4n) is 1.65. The Morgan fingerprint density at radius 3 is 2.61 bits per heavy atom. The van der Waals surface area contributed by atoms with Gasteiger partial charge in [0.25, 0.3) is 0 Å². The second-order valence-electron chi connectivity index (χ2n) is 4.22. The molecule has 1 aromatic rings. The van der Waals surface area contributed by atoms with Crippen molar-refractivity contribution >= 4 is 5.91 Å². The summed E-state index contributed by atoms with van der Waals surface area (Å²) in [7, 11) is 1.60. The second-order valence-corrected chi connectivity index (χ2v) is 4.22. The molecule has 1 heterocycles. The number of nitrogens with zero attached hydrogens (tertiary/aromatic N) is 1. The minimum Gasteiger partial charge on any atom is -0.497 e. The lowest BCUT2D eigenvalue weighted by Gasteiger charge is -2.33. The summed E-state index contributed by atoms with van der Waals surface area (Å²) in [4.78, 5) is 11.8. The molecule has 1 saturated heterocycles. The van der Waals surface area contributed by atoms with Gasteiger partial charge in [-0.2, -0.15) is 5.26 Å². The van der Waals surface area contributed by atoms with E-state index in [4.69, 9.17) is 14.7 Å². The van der Waals surface area contributed by atoms with Gasteiger partial charge in [0.2, 0.25) is 5.91 Å². The third-order valence-electron chi connectivity index (χ3n) is 2.96. The largest absolute Gasteiger partial charge is 0.497 e. The summed E-state index contributed by atoms with van der Waals surface area (Å²) in [6.45, 7) is 0.752. The topological polar surface area (TPSA) is 71.3 Å². The SMILES string of the molecule is COc1ccc(CNC(=O)C2(C#N)COC2)cc1. The van der Waals surface area contributed by atoms with E-state index in [1.165, 1.54) is 0 Å². The van der Waals surface area contributed by atoms with E-state index >= 15 is 0 Å². The summed E-state index contributed by atoms with van der Waals surface area (Å²) in [6, 6.07) is 9.41. The Bertz CT molecular complexity index is 472. The van der Waals surface area contributed by atoms with Gasteiger partial charge in [-0.15, -0.1) is 0 Å². The Kier molecular flexibility index (Phi) is 3.49. The summed E-state index contributed by atoms with van der Waals surface area (Å²) >= 11 is 0. The molecule has 1 N–H and O–H groups in total. The van der Waals surface area contributed by atoms with Crippen molar-refractivity contribution in [1.82, 2.24) is 5.32 Å². The summed E-state index contributed by atoms with van der Waals surface area (Å²) in [6.07, 6.45) is 0. The lowest BCUT2D eigenvalue weighted by Crippen LogP contribution is -2.52. The van der Waals surface area contributed by atoms with Crippen LogP contribution in [0.3, 0.4) is 0 Å². The molecule has 1 amide bonds. The van der Waals surface area contributed by atoms with Crippen molar-refractivity contribution in [1.29, 1.82) is 5.26 Å². The average molecular weight is 246 g/mol. The van der Waals surface area contributed by atoms with Crippen LogP contribution in [0, 0.1) is 16.7 Å². The van der Waals surface area contributed by atoms with E-state index in [1.54, 1.807) is 7.11 Å². The number of methoxy groups -OCH3 is 1. The number of amides is 1. The molecule has 0 atom stereocenters. The highest BCUT2D eigenvalue weighted by molar-refractivity contribution is 5.86. The number of ether oxygens (including phenoxy) is 2. The molecular weight excluding hydrogens is 232 g/mol. The smallest absolute Gasteiger partial charge is 0.245 e. The van der Waals surface area contributed by atoms with E-state index in [0.717, 1.165) is 11.3 Å². The lowest BCUT2D eigenvalue weighted by atomic mass is 9.87. The number of carbonyl (C=O) groups is 1. The molecule has 2 rings (SSSR count). The molecule has 1 aliphatic heterocycles. The van der Waals surface area contributed by atoms with Gasteiger partial charge in [-0.3, -0.25) is 4.79 Å². The molecule has 5 heteroatoms. The minimum atomic E-state index is -0.994. The van der Waals surface area contributed by atoms with E-state index < -0.39 is 5.41 Å². The predicted octanol–water partition coefficient (Wildman–Crippen LogP) is 0.852. The van der Waals surface area contributed by atoms with Crippen LogP contribution >= 0.6 is 0 Å². The van der Waals surface area contributed by atoms with Crippen molar-refractivity contribution in [3.63, 3.8) is 0 Å². The van der Waals surface area contributed by atoms with Gasteiger partial charge in [0.15, 0.2) is 5.41 Å². The van der Waals surface area contributed by atoms with E-state index in [-0.39, 0.29) is 19.1 Å². The minimum absolute atomic E-state index is 0.179. The molecule has 0 spiro atoms. The van der Waals surface area contributed by atoms with Gasteiger partial charge in [-0.1, -0.05) is 12.1 Å². The van der Waals surface area contributed by atoms with Crippen LogP contribution in [-0.4, -0.2) is 26.2 Å². The van der Waals surface area contributed by atoms with E-state index in [9.17, 15) is 4.79 Å². The second kappa shape index (κ2) is 5.07. The van der Waals surface area contributed by atoms with Gasteiger partial charge in [0.1, 0.15) is 5.75 Å². The van der Waals surface area contributed by atoms with Gasteiger partial charge in [-0.25, -0.2) is 0 Å². The number of hydrogen-bond acceptors (Lipinski definition) is 4. The molecule has 94 valence electrons. The molecule has 5 nitrogen and oxygen atoms in total. The Morgan fingerprint density at radius 2 is 2.17 bits per heavy atom. The molecule has 1 fully saturated rings. The first-order chi connectivity index (χ1) is 8.70. The molecule has 0 unspecified atom stereocenters. The van der Waals surface area contributed by atoms with Crippen molar-refractivity contribution in [2.45, 2.75) is 6.54 Å². The quantitative estimate of drug-likeness (QED) is 0.855. The van der Waals surface area contributed by atoms with Crippen molar-refractivity contribution in [3.05, 3.63) is 29.8 Å². The van der Waals surface area contributed by atoms with E-state index in [0.29, 0.717) is 6.54 Å². The fourth-order valence-corrected chi connectivity index (χ4v) is 1.65. The third kappa shape index (κ3) is 2.29. The first kappa shape index (κ1) is 12.4. The first-order valence-electron chi connectivity index (χ1n) is 5.60. The van der Waals surface area contributed by atoms with Crippen LogP contribution in [-0.2, 0) is 16.1 Å². The zero-order chi connectivity index (χ0) is 13.0. The van der Waals surface area contributed by atoms with E-state index in [2.05, 4.69) is 5.32 Å². The van der Waals surface area contributed by atoms with Gasteiger partial charge in [-0.05, 0) is 17.7 Å². The fraction of sp³-hybridized carbons (Fsp3) is 0.385. The zero-order valence-electron chi connectivity index (χ0n) is 10.1. The molecule has 18 heavy (non-hydrogen) atoms. The van der Waals surface area contributed by atoms with Crippen molar-refractivity contribution < 1.29 is 14.3 Å². The maximum absolute atomic E-state index is 11.8. The third-order valence-corrected chi connectivity index (χ3v) is 2.96. The standard InChI is InChI=1S/C13H14N2O3/c1-17-11-4-2-10(3-5-11)6-15-12(16)13(7-14)8-18-9-13/h2-5H,6,8-9H2,1H3,(H,15,16). The molecular formula is C13H14N2O3. The Balaban J connectivity index is 1.91. The van der Waals surface area contributed by atoms with Crippen molar-refractivity contribution in [2.24, 2.45) is 5.41 Å². The van der Waals surface area contributed by atoms with Crippen molar-refractivity contribution in [2.75, 3.05) is 20.3 Å². The number of nitrogens with one attached hydrogen (secondary N) is 1. The van der Waals surface area contributed by atoms with E-state index in [1.807, 2.05) is 30.3 Å². The number of hydrogen-bond donors (Lipinski definition) is 1. The summed E-state index contributed by atoms with van der Waals surface area (Å²) < 4.78 is 9.98. The number of rotatable bonds is 4. The maximum Gasteiger partial charge on any atom is 0.245 e. The molecule has 1 aliphatic rings. The molecule has 0 aromatic heterocycles. The van der Waals surface area contributed by atoms with Gasteiger partial charge in [0.05, 0.1) is 26.4 Å². The highest BCUT2D eigenvalue weighted by Gasteiger charge is 2.46. The zero-order valence-corrected chi connectivity index (χ0v) is 10.1. The Morgan fingerprint density at radius 1 is 1.50 bits per heavy atom. The highest BCUT2D eigenvalue weighted by Crippen LogP contribution is 2.26. The molecule has 0 saturated carbocycles. The number of benzene rings is 1. The molecule has 1 aromatic carbocycles. The van der Waals surface area contributed by atoms with Crippen molar-refractivity contribution in [3.8, 4) is 11.8 Å². The van der Waals surface area contributed by atoms with Gasteiger partial charge in [0, 0.05) is 6.54 Å². The van der Waals surface area contributed by atoms with Crippen LogP contribution in [0.25, 0.3) is 0 Å². The molecule has 0 bridgehead atoms. The number of nitriles is 1. The van der Waals surface area contributed by atoms with Crippen LogP contribution < -0.4 is 10.1 Å². The highest BCUT2D eigenvalue weighted by atomic mass is 16.5. The first-order valence-corrected chi connectivity index (χ1v) is 5.60. The van der Waals surface area contributed by atoms with Gasteiger partial charge < -0.3 is 14.8 Å². The summed E-state index contributed by atoms with van der Waals surface area (Å²) in [5.74, 6) is 0.498. The van der Waals surface area contributed by atoms with Crippen LogP contribution in [0.1, 0.15) is 5.56 Å². The normalized spacial score (nSPS) is 16.2. The Labute approximate surface area is 105 Å². The van der Waals surface area contributed by atoms with Gasteiger partial charge >= 0.3 is 0 Å². The lowest BCUT2D eigenvalue weighted by molar-refractivity contribution is -0.150. The van der Waals surface area contributed by atoms with Crippen LogP contribution in [0.5, 0.6) is 5.75 Å². The maximum atomic E-state index is 11.8. The Hall–Kier alpha value is -2.06. The predicted molar refractivity (Wildman–Crippen MR) is 63.7 cm³/mol. The molecule has 0 radical (unpaired) electrons. The summed E-state index contributed by atoms with van der Waals surface area (Å²) in [5.41, 5.74) is -0.0376. The van der Waals surface area contributed by atoms with Crippen LogP contribution in [0.2, 0.25) is 0 Å². The van der Waals surface area contributed by atoms with Crippen LogP contribution in [0.4, 0.5) is 0 Å². The molecule has 0 aliphatic carbocycles. The monoisotopic (exact) mass is 246 g/mol. The number of carbonyl (C=O) groups excluding carboxylic acids is 1. The van der Waals surface area contributed by atoms with Crippen LogP contribution in [0.15, 0.2) is 24.3 Å². The average Bonchev–Trinajstić information content (AvgIpc) is 2.36.